The SMILES string of the molecule is CC(=O)C(=O)n1ccnc1.CC[C@H](NC(=O)OC(C)(C)C)C(=O)N[C@H](CO)Cc1ccc(N)cc1. The number of nitrogens with zero attached hydrogens (tertiary/aromatic N) is 2. The zero-order chi connectivity index (χ0) is 26.6. The fourth-order valence-corrected chi connectivity index (χ4v) is 2.77. The molecule has 0 aliphatic carbocycles. The number of nitrogen functional groups attached to an aromatic ring is 1. The molecule has 0 spiro atoms. The molecule has 2 amide bonds. The van der Waals surface area contributed by atoms with Crippen molar-refractivity contribution in [2.24, 2.45) is 0 Å². The van der Waals surface area contributed by atoms with Crippen LogP contribution in [0.25, 0.3) is 0 Å². The van der Waals surface area contributed by atoms with E-state index in [0.717, 1.165) is 10.1 Å². The van der Waals surface area contributed by atoms with E-state index in [9.17, 15) is 24.3 Å². The van der Waals surface area contributed by atoms with Crippen LogP contribution in [0.1, 0.15) is 51.4 Å². The molecule has 1 aromatic carbocycles. The summed E-state index contributed by atoms with van der Waals surface area (Å²) in [5.41, 5.74) is 6.61. The van der Waals surface area contributed by atoms with E-state index < -0.39 is 35.5 Å². The Hall–Kier alpha value is -3.73. The molecule has 11 heteroatoms. The number of benzene rings is 1. The van der Waals surface area contributed by atoms with Crippen LogP contribution in [0.4, 0.5) is 10.5 Å². The number of rotatable bonds is 8. The summed E-state index contributed by atoms with van der Waals surface area (Å²) < 4.78 is 6.31. The number of hydrogen-bond donors (Lipinski definition) is 4. The Kier molecular flexibility index (Phi) is 11.6. The van der Waals surface area contributed by atoms with Crippen LogP contribution in [0.15, 0.2) is 43.0 Å². The first kappa shape index (κ1) is 29.3. The zero-order valence-electron chi connectivity index (χ0n) is 20.8. The number of ether oxygens (including phenoxy) is 1. The predicted octanol–water partition coefficient (Wildman–Crippen LogP) is 1.70. The van der Waals surface area contributed by atoms with Gasteiger partial charge >= 0.3 is 6.09 Å². The van der Waals surface area contributed by atoms with E-state index in [-0.39, 0.29) is 12.5 Å². The van der Waals surface area contributed by atoms with Gasteiger partial charge in [0, 0.05) is 25.0 Å². The lowest BCUT2D eigenvalue weighted by Crippen LogP contribution is -2.51. The molecule has 1 aromatic heterocycles. The molecule has 11 nitrogen and oxygen atoms in total. The van der Waals surface area contributed by atoms with Crippen molar-refractivity contribution in [1.82, 2.24) is 20.2 Å². The lowest BCUT2D eigenvalue weighted by Gasteiger charge is -2.24. The lowest BCUT2D eigenvalue weighted by atomic mass is 10.1. The smallest absolute Gasteiger partial charge is 0.408 e. The van der Waals surface area contributed by atoms with Crippen LogP contribution >= 0.6 is 0 Å². The van der Waals surface area contributed by atoms with Crippen LogP contribution in [0, 0.1) is 0 Å². The summed E-state index contributed by atoms with van der Waals surface area (Å²) in [6.45, 7) is 8.06. The molecule has 0 saturated carbocycles. The average Bonchev–Trinajstić information content (AvgIpc) is 3.31. The number of anilines is 1. The first-order valence-corrected chi connectivity index (χ1v) is 11.1. The molecule has 0 unspecified atom stereocenters. The van der Waals surface area contributed by atoms with Crippen molar-refractivity contribution in [2.75, 3.05) is 12.3 Å². The standard InChI is InChI=1S/C18H29N3O4.C6H6N2O2/c1-5-15(21-17(24)25-18(2,3)4)16(23)20-14(11-22)10-12-6-8-13(19)9-7-12;1-5(9)6(10)8-3-2-7-4-8/h6-9,14-15,22H,5,10-11,19H2,1-4H3,(H,20,23)(H,21,24);2-4H,1H3/t14-,15-;/m0./s1. The molecule has 0 saturated heterocycles. The van der Waals surface area contributed by atoms with Gasteiger partial charge in [-0.25, -0.2) is 9.78 Å². The van der Waals surface area contributed by atoms with Gasteiger partial charge in [0.05, 0.1) is 12.6 Å². The zero-order valence-corrected chi connectivity index (χ0v) is 20.8. The molecule has 2 aromatic rings. The highest BCUT2D eigenvalue weighted by molar-refractivity contribution is 6.35. The number of carbonyl (C=O) groups is 4. The van der Waals surface area contributed by atoms with Crippen LogP contribution in [0.3, 0.4) is 0 Å². The topological polar surface area (TPSA) is 166 Å². The van der Waals surface area contributed by atoms with Gasteiger partial charge < -0.3 is 26.2 Å². The summed E-state index contributed by atoms with van der Waals surface area (Å²) in [5, 5.41) is 14.8. The molecule has 0 aliphatic heterocycles. The Morgan fingerprint density at radius 3 is 2.23 bits per heavy atom. The highest BCUT2D eigenvalue weighted by Crippen LogP contribution is 2.09. The minimum atomic E-state index is -0.727. The summed E-state index contributed by atoms with van der Waals surface area (Å²) in [5.74, 6) is -1.40. The number of nitrogens with two attached hydrogens (primary N) is 1. The molecule has 0 fully saturated rings. The average molecular weight is 490 g/mol. The van der Waals surface area contributed by atoms with Gasteiger partial charge in [-0.2, -0.15) is 0 Å². The molecule has 1 heterocycles. The van der Waals surface area contributed by atoms with Crippen molar-refractivity contribution >= 4 is 29.4 Å². The van der Waals surface area contributed by atoms with Gasteiger partial charge in [-0.1, -0.05) is 19.1 Å². The third kappa shape index (κ3) is 11.3. The maximum absolute atomic E-state index is 12.4. The van der Waals surface area contributed by atoms with E-state index in [1.54, 1.807) is 39.8 Å². The fourth-order valence-electron chi connectivity index (χ4n) is 2.77. The van der Waals surface area contributed by atoms with Gasteiger partial charge in [-0.05, 0) is 51.3 Å². The van der Waals surface area contributed by atoms with E-state index >= 15 is 0 Å². The highest BCUT2D eigenvalue weighted by Gasteiger charge is 2.24. The first-order valence-electron chi connectivity index (χ1n) is 11.1. The molecule has 2 atom stereocenters. The second-order valence-electron chi connectivity index (χ2n) is 8.77. The second kappa shape index (κ2) is 13.9. The van der Waals surface area contributed by atoms with Crippen LogP contribution < -0.4 is 16.4 Å². The molecule has 2 rings (SSSR count). The van der Waals surface area contributed by atoms with Crippen LogP contribution in [-0.4, -0.2) is 62.6 Å². The second-order valence-corrected chi connectivity index (χ2v) is 8.77. The van der Waals surface area contributed by atoms with Gasteiger partial charge in [0.2, 0.25) is 11.7 Å². The van der Waals surface area contributed by atoms with E-state index in [2.05, 4.69) is 15.6 Å². The predicted molar refractivity (Wildman–Crippen MR) is 131 cm³/mol. The first-order chi connectivity index (χ1) is 16.4. The Balaban J connectivity index is 0.000000507. The van der Waals surface area contributed by atoms with E-state index in [4.69, 9.17) is 10.5 Å². The van der Waals surface area contributed by atoms with Crippen LogP contribution in [-0.2, 0) is 20.7 Å². The van der Waals surface area contributed by atoms with Crippen molar-refractivity contribution in [3.8, 4) is 0 Å². The van der Waals surface area contributed by atoms with E-state index in [1.807, 2.05) is 12.1 Å². The van der Waals surface area contributed by atoms with Crippen molar-refractivity contribution in [1.29, 1.82) is 0 Å². The van der Waals surface area contributed by atoms with Gasteiger partial charge in [-0.15, -0.1) is 0 Å². The van der Waals surface area contributed by atoms with Crippen molar-refractivity contribution in [2.45, 2.75) is 65.1 Å². The van der Waals surface area contributed by atoms with Gasteiger partial charge in [0.25, 0.3) is 5.91 Å². The molecular weight excluding hydrogens is 454 g/mol. The Morgan fingerprint density at radius 1 is 1.14 bits per heavy atom. The highest BCUT2D eigenvalue weighted by atomic mass is 16.6. The molecule has 5 N–H and O–H groups in total. The van der Waals surface area contributed by atoms with Gasteiger partial charge in [0.15, 0.2) is 0 Å². The molecule has 192 valence electrons. The number of nitrogens with one attached hydrogen (secondary N) is 2. The van der Waals surface area contributed by atoms with Crippen molar-refractivity contribution < 1.29 is 29.0 Å². The quantitative estimate of drug-likeness (QED) is 0.321. The van der Waals surface area contributed by atoms with Crippen molar-refractivity contribution in [3.05, 3.63) is 48.5 Å². The van der Waals surface area contributed by atoms with E-state index in [0.29, 0.717) is 18.5 Å². The summed E-state index contributed by atoms with van der Waals surface area (Å²) in [6.07, 6.45) is 4.40. The summed E-state index contributed by atoms with van der Waals surface area (Å²) in [4.78, 5) is 49.1. The van der Waals surface area contributed by atoms with Gasteiger partial charge in [0.1, 0.15) is 18.0 Å². The van der Waals surface area contributed by atoms with Crippen LogP contribution in [0.2, 0.25) is 0 Å². The number of aliphatic hydroxyl groups excluding tert-OH is 1. The normalized spacial score (nSPS) is 12.4. The summed E-state index contributed by atoms with van der Waals surface area (Å²) in [7, 11) is 0. The number of aliphatic hydroxyl groups is 1. The molecule has 35 heavy (non-hydrogen) atoms. The van der Waals surface area contributed by atoms with Crippen LogP contribution in [0.5, 0.6) is 0 Å². The number of aromatic nitrogens is 2. The number of imidazole rings is 1. The number of ketones is 1. The largest absolute Gasteiger partial charge is 0.444 e. The molecule has 0 aliphatic rings. The number of Topliss-reactive ketones (excluding diaryl/α,β-unsaturated/α-hetero) is 1. The monoisotopic (exact) mass is 489 g/mol. The Morgan fingerprint density at radius 2 is 1.77 bits per heavy atom. The number of amides is 2. The Labute approximate surface area is 205 Å². The number of alkyl carbamates (subject to hydrolysis) is 1. The fraction of sp³-hybridized carbons (Fsp3) is 0.458. The Bertz CT molecular complexity index is 967. The maximum Gasteiger partial charge on any atom is 0.408 e. The summed E-state index contributed by atoms with van der Waals surface area (Å²) >= 11 is 0. The lowest BCUT2D eigenvalue weighted by molar-refractivity contribution is -0.124. The molecule has 0 radical (unpaired) electrons. The minimum Gasteiger partial charge on any atom is -0.444 e. The number of hydrogen-bond acceptors (Lipinski definition) is 8. The third-order valence-corrected chi connectivity index (χ3v) is 4.48. The molecule has 0 bridgehead atoms. The molecular formula is C24H35N5O6. The summed E-state index contributed by atoms with van der Waals surface area (Å²) in [6, 6.07) is 6.05. The minimum absolute atomic E-state index is 0.209. The maximum atomic E-state index is 12.4. The van der Waals surface area contributed by atoms with Gasteiger partial charge in [-0.3, -0.25) is 19.0 Å². The number of carbonyl (C=O) groups excluding carboxylic acids is 4. The third-order valence-electron chi connectivity index (χ3n) is 4.48. The van der Waals surface area contributed by atoms with E-state index in [1.165, 1.54) is 25.6 Å². The van der Waals surface area contributed by atoms with Crippen molar-refractivity contribution in [3.63, 3.8) is 0 Å².